The van der Waals surface area contributed by atoms with Gasteiger partial charge in [0.25, 0.3) is 0 Å². The van der Waals surface area contributed by atoms with E-state index in [2.05, 4.69) is 34.5 Å². The highest BCUT2D eigenvalue weighted by atomic mass is 35.5. The summed E-state index contributed by atoms with van der Waals surface area (Å²) >= 11 is 12.4. The van der Waals surface area contributed by atoms with E-state index in [0.717, 1.165) is 25.2 Å². The quantitative estimate of drug-likeness (QED) is 0.523. The largest absolute Gasteiger partial charge is 0.352 e. The van der Waals surface area contributed by atoms with Crippen LogP contribution >= 0.6 is 23.2 Å². The minimum absolute atomic E-state index is 0.113. The number of piperidine rings is 2. The number of likely N-dealkylation sites (tertiary alicyclic amines) is 1. The molecule has 0 aromatic heterocycles. The van der Waals surface area contributed by atoms with E-state index in [1.807, 2.05) is 0 Å². The van der Waals surface area contributed by atoms with Gasteiger partial charge in [0.1, 0.15) is 0 Å². The maximum absolute atomic E-state index is 13.1. The van der Waals surface area contributed by atoms with Gasteiger partial charge in [0, 0.05) is 41.8 Å². The van der Waals surface area contributed by atoms with Crippen molar-refractivity contribution in [2.24, 2.45) is 5.92 Å². The van der Waals surface area contributed by atoms with Crippen LogP contribution in [0.5, 0.6) is 0 Å². The van der Waals surface area contributed by atoms with Crippen LogP contribution in [0, 0.1) is 5.92 Å². The van der Waals surface area contributed by atoms with Crippen LogP contribution in [-0.2, 0) is 33.7 Å². The standard InChI is InChI=1S/C26H33Cl2N3O3S/c27-24-7-4-8-25(28)23(24)19-35(33,34)31-15-5-6-22(18-31)26(32)29-16-20-9-11-21(12-10-20)17-30-13-2-1-3-14-30/h4,7-12,22H,1-3,5-6,13-19H2,(H,29,32)/t22-/m1/s1. The van der Waals surface area contributed by atoms with Crippen molar-refractivity contribution in [2.75, 3.05) is 26.2 Å². The molecule has 4 rings (SSSR count). The second-order valence-electron chi connectivity index (χ2n) is 9.52. The van der Waals surface area contributed by atoms with Gasteiger partial charge in [-0.1, -0.05) is 60.0 Å². The molecule has 2 aliphatic heterocycles. The second-order valence-corrected chi connectivity index (χ2v) is 12.3. The van der Waals surface area contributed by atoms with E-state index in [1.54, 1.807) is 18.2 Å². The number of amides is 1. The Morgan fingerprint density at radius 2 is 1.57 bits per heavy atom. The molecule has 1 N–H and O–H groups in total. The third-order valence-electron chi connectivity index (χ3n) is 6.88. The van der Waals surface area contributed by atoms with E-state index < -0.39 is 10.0 Å². The summed E-state index contributed by atoms with van der Waals surface area (Å²) < 4.78 is 27.5. The highest BCUT2D eigenvalue weighted by Gasteiger charge is 2.33. The average molecular weight is 539 g/mol. The summed E-state index contributed by atoms with van der Waals surface area (Å²) in [6.07, 6.45) is 5.18. The highest BCUT2D eigenvalue weighted by molar-refractivity contribution is 7.88. The van der Waals surface area contributed by atoms with Crippen molar-refractivity contribution in [2.45, 2.75) is 50.9 Å². The predicted molar refractivity (Wildman–Crippen MR) is 141 cm³/mol. The summed E-state index contributed by atoms with van der Waals surface area (Å²) in [7, 11) is -3.65. The SMILES string of the molecule is O=C(NCc1ccc(CN2CCCCC2)cc1)[C@@H]1CCCN(S(=O)(=O)Cc2c(Cl)cccc2Cl)C1. The van der Waals surface area contributed by atoms with E-state index in [1.165, 1.54) is 29.1 Å². The van der Waals surface area contributed by atoms with Crippen molar-refractivity contribution in [1.29, 1.82) is 0 Å². The molecule has 1 amide bonds. The number of halogens is 2. The maximum Gasteiger partial charge on any atom is 0.224 e. The fourth-order valence-electron chi connectivity index (χ4n) is 4.82. The number of hydrogen-bond acceptors (Lipinski definition) is 4. The van der Waals surface area contributed by atoms with Gasteiger partial charge in [0.05, 0.1) is 11.7 Å². The lowest BCUT2D eigenvalue weighted by Crippen LogP contribution is -2.45. The number of sulfonamides is 1. The number of carbonyl (C=O) groups excluding carboxylic acids is 1. The number of nitrogens with one attached hydrogen (secondary N) is 1. The van der Waals surface area contributed by atoms with Crippen LogP contribution in [0.1, 0.15) is 48.8 Å². The van der Waals surface area contributed by atoms with Crippen LogP contribution in [-0.4, -0.2) is 49.7 Å². The zero-order chi connectivity index (χ0) is 24.8. The minimum atomic E-state index is -3.65. The second kappa shape index (κ2) is 12.1. The van der Waals surface area contributed by atoms with Crippen LogP contribution < -0.4 is 5.32 Å². The lowest BCUT2D eigenvalue weighted by molar-refractivity contribution is -0.126. The summed E-state index contributed by atoms with van der Waals surface area (Å²) in [6, 6.07) is 13.3. The van der Waals surface area contributed by atoms with Gasteiger partial charge in [0.15, 0.2) is 0 Å². The van der Waals surface area contributed by atoms with Gasteiger partial charge in [-0.3, -0.25) is 9.69 Å². The van der Waals surface area contributed by atoms with Crippen molar-refractivity contribution in [3.8, 4) is 0 Å². The van der Waals surface area contributed by atoms with Gasteiger partial charge in [-0.2, -0.15) is 0 Å². The Kier molecular flexibility index (Phi) is 9.11. The van der Waals surface area contributed by atoms with Crippen LogP contribution in [0.2, 0.25) is 10.0 Å². The molecule has 0 aliphatic carbocycles. The Morgan fingerprint density at radius 1 is 0.914 bits per heavy atom. The van der Waals surface area contributed by atoms with Gasteiger partial charge in [-0.25, -0.2) is 12.7 Å². The molecule has 35 heavy (non-hydrogen) atoms. The first-order valence-electron chi connectivity index (χ1n) is 12.3. The van der Waals surface area contributed by atoms with Crippen molar-refractivity contribution in [1.82, 2.24) is 14.5 Å². The van der Waals surface area contributed by atoms with Gasteiger partial charge < -0.3 is 5.32 Å². The highest BCUT2D eigenvalue weighted by Crippen LogP contribution is 2.29. The first kappa shape index (κ1) is 26.4. The summed E-state index contributed by atoms with van der Waals surface area (Å²) in [6.45, 7) is 4.30. The topological polar surface area (TPSA) is 69.7 Å². The third kappa shape index (κ3) is 7.20. The lowest BCUT2D eigenvalue weighted by atomic mass is 9.98. The number of hydrogen-bond donors (Lipinski definition) is 1. The molecule has 2 aromatic rings. The Bertz CT molecular complexity index is 1100. The zero-order valence-electron chi connectivity index (χ0n) is 19.9. The molecule has 0 spiro atoms. The maximum atomic E-state index is 13.1. The van der Waals surface area contributed by atoms with E-state index in [4.69, 9.17) is 23.2 Å². The molecular weight excluding hydrogens is 505 g/mol. The third-order valence-corrected chi connectivity index (χ3v) is 9.36. The van der Waals surface area contributed by atoms with Gasteiger partial charge in [0.2, 0.25) is 15.9 Å². The summed E-state index contributed by atoms with van der Waals surface area (Å²) in [5.74, 6) is -0.763. The summed E-state index contributed by atoms with van der Waals surface area (Å²) in [5, 5.41) is 3.65. The molecule has 2 heterocycles. The van der Waals surface area contributed by atoms with Crippen LogP contribution in [0.15, 0.2) is 42.5 Å². The van der Waals surface area contributed by atoms with Gasteiger partial charge in [-0.15, -0.1) is 0 Å². The fourth-order valence-corrected chi connectivity index (χ4v) is 7.19. The fraction of sp³-hybridized carbons (Fsp3) is 0.500. The normalized spacial score (nSPS) is 20.0. The van der Waals surface area contributed by atoms with Crippen molar-refractivity contribution in [3.05, 3.63) is 69.2 Å². The van der Waals surface area contributed by atoms with Crippen molar-refractivity contribution in [3.63, 3.8) is 0 Å². The number of benzene rings is 2. The number of rotatable bonds is 8. The lowest BCUT2D eigenvalue weighted by Gasteiger charge is -2.31. The Hall–Kier alpha value is -1.64. The minimum Gasteiger partial charge on any atom is -0.352 e. The Morgan fingerprint density at radius 3 is 2.26 bits per heavy atom. The molecule has 1 atom stereocenters. The number of carbonyl (C=O) groups is 1. The van der Waals surface area contributed by atoms with E-state index >= 15 is 0 Å². The summed E-state index contributed by atoms with van der Waals surface area (Å²) in [5.41, 5.74) is 2.72. The molecule has 0 unspecified atom stereocenters. The van der Waals surface area contributed by atoms with Crippen LogP contribution in [0.4, 0.5) is 0 Å². The van der Waals surface area contributed by atoms with Crippen molar-refractivity contribution >= 4 is 39.1 Å². The first-order valence-corrected chi connectivity index (χ1v) is 14.7. The molecule has 0 saturated carbocycles. The van der Waals surface area contributed by atoms with Crippen molar-refractivity contribution < 1.29 is 13.2 Å². The Labute approximate surface area is 218 Å². The van der Waals surface area contributed by atoms with E-state index in [0.29, 0.717) is 41.5 Å². The smallest absolute Gasteiger partial charge is 0.224 e. The van der Waals surface area contributed by atoms with E-state index in [9.17, 15) is 13.2 Å². The van der Waals surface area contributed by atoms with Gasteiger partial charge in [-0.05, 0) is 62.0 Å². The molecule has 2 saturated heterocycles. The molecule has 2 fully saturated rings. The molecular formula is C26H33Cl2N3O3S. The molecule has 2 aliphatic rings. The zero-order valence-corrected chi connectivity index (χ0v) is 22.2. The molecule has 9 heteroatoms. The summed E-state index contributed by atoms with van der Waals surface area (Å²) in [4.78, 5) is 15.3. The first-order chi connectivity index (χ1) is 16.8. The molecule has 0 radical (unpaired) electrons. The Balaban J connectivity index is 1.29. The van der Waals surface area contributed by atoms with E-state index in [-0.39, 0.29) is 24.1 Å². The monoisotopic (exact) mass is 537 g/mol. The number of nitrogens with zero attached hydrogens (tertiary/aromatic N) is 2. The average Bonchev–Trinajstić information content (AvgIpc) is 2.86. The molecule has 2 aromatic carbocycles. The van der Waals surface area contributed by atoms with Gasteiger partial charge >= 0.3 is 0 Å². The molecule has 190 valence electrons. The molecule has 6 nitrogen and oxygen atoms in total. The van der Waals surface area contributed by atoms with Crippen LogP contribution in [0.25, 0.3) is 0 Å². The predicted octanol–water partition coefficient (Wildman–Crippen LogP) is 4.84. The molecule has 0 bridgehead atoms. The van der Waals surface area contributed by atoms with Crippen LogP contribution in [0.3, 0.4) is 0 Å².